The summed E-state index contributed by atoms with van der Waals surface area (Å²) in [4.78, 5) is 18.3. The predicted octanol–water partition coefficient (Wildman–Crippen LogP) is 3.24. The molecule has 3 aromatic rings. The van der Waals surface area contributed by atoms with Gasteiger partial charge in [-0.3, -0.25) is 10.2 Å². The molecule has 0 bridgehead atoms. The topological polar surface area (TPSA) is 103 Å². The minimum atomic E-state index is -3.31. The number of thiazole rings is 1. The molecule has 2 amide bonds. The fourth-order valence-electron chi connectivity index (χ4n) is 2.27. The lowest BCUT2D eigenvalue weighted by Gasteiger charge is -2.17. The molecule has 2 aromatic carbocycles. The van der Waals surface area contributed by atoms with E-state index in [1.165, 1.54) is 28.4 Å². The van der Waals surface area contributed by atoms with E-state index in [4.69, 9.17) is 5.26 Å². The molecule has 0 atom stereocenters. The van der Waals surface area contributed by atoms with E-state index >= 15 is 0 Å². The summed E-state index contributed by atoms with van der Waals surface area (Å²) in [6.07, 6.45) is 1.14. The molecule has 3 rings (SSSR count). The Morgan fingerprint density at radius 2 is 2.04 bits per heavy atom. The van der Waals surface area contributed by atoms with Crippen LogP contribution in [0.25, 0.3) is 10.2 Å². The normalized spacial score (nSPS) is 11.1. The summed E-state index contributed by atoms with van der Waals surface area (Å²) in [7, 11) is -1.72. The van der Waals surface area contributed by atoms with E-state index in [2.05, 4.69) is 10.3 Å². The van der Waals surface area contributed by atoms with E-state index in [1.54, 1.807) is 37.4 Å². The zero-order valence-corrected chi connectivity index (χ0v) is 15.6. The molecular weight excluding hydrogens is 372 g/mol. The van der Waals surface area contributed by atoms with Gasteiger partial charge in [0.05, 0.1) is 26.7 Å². The van der Waals surface area contributed by atoms with Crippen LogP contribution in [0.15, 0.2) is 47.4 Å². The van der Waals surface area contributed by atoms with Crippen LogP contribution in [0.5, 0.6) is 0 Å². The van der Waals surface area contributed by atoms with Crippen molar-refractivity contribution < 1.29 is 13.2 Å². The molecule has 0 radical (unpaired) electrons. The van der Waals surface area contributed by atoms with Crippen molar-refractivity contribution in [2.24, 2.45) is 0 Å². The van der Waals surface area contributed by atoms with E-state index in [0.717, 1.165) is 6.26 Å². The number of aromatic nitrogens is 1. The van der Waals surface area contributed by atoms with Gasteiger partial charge in [-0.2, -0.15) is 5.26 Å². The number of carbonyl (C=O) groups is 1. The number of hydrogen-bond acceptors (Lipinski definition) is 6. The first-order valence-electron chi connectivity index (χ1n) is 7.43. The van der Waals surface area contributed by atoms with Crippen LogP contribution >= 0.6 is 11.3 Å². The summed E-state index contributed by atoms with van der Waals surface area (Å²) >= 11 is 1.19. The smallest absolute Gasteiger partial charge is 0.297 e. The highest BCUT2D eigenvalue weighted by molar-refractivity contribution is 7.90. The highest BCUT2D eigenvalue weighted by atomic mass is 32.2. The Balaban J connectivity index is 1.83. The largest absolute Gasteiger partial charge is 0.327 e. The fraction of sp³-hybridized carbons (Fsp3) is 0.118. The molecule has 1 aromatic heterocycles. The third kappa shape index (κ3) is 3.66. The number of nitrogens with zero attached hydrogens (tertiary/aromatic N) is 3. The van der Waals surface area contributed by atoms with Crippen molar-refractivity contribution in [3.8, 4) is 6.07 Å². The number of rotatable bonds is 3. The minimum absolute atomic E-state index is 0.206. The molecule has 0 saturated carbocycles. The van der Waals surface area contributed by atoms with E-state index < -0.39 is 15.9 Å². The summed E-state index contributed by atoms with van der Waals surface area (Å²) < 4.78 is 24.0. The Labute approximate surface area is 154 Å². The van der Waals surface area contributed by atoms with E-state index in [1.807, 2.05) is 6.07 Å². The average Bonchev–Trinajstić information content (AvgIpc) is 3.01. The van der Waals surface area contributed by atoms with Gasteiger partial charge in [-0.25, -0.2) is 18.2 Å². The zero-order valence-electron chi connectivity index (χ0n) is 13.9. The van der Waals surface area contributed by atoms with Gasteiger partial charge in [0.1, 0.15) is 0 Å². The standard InChI is InChI=1S/C17H14N4O3S2/c1-21(12-5-3-4-11(8-12)10-18)17(22)20-16-19-14-7-6-13(26(2,23)24)9-15(14)25-16/h3-9H,1-2H3,(H,19,20,22). The summed E-state index contributed by atoms with van der Waals surface area (Å²) in [5.41, 5.74) is 1.63. The van der Waals surface area contributed by atoms with Crippen molar-refractivity contribution in [1.29, 1.82) is 5.26 Å². The van der Waals surface area contributed by atoms with Crippen LogP contribution in [0.1, 0.15) is 5.56 Å². The van der Waals surface area contributed by atoms with Gasteiger partial charge in [0.2, 0.25) is 0 Å². The molecular formula is C17H14N4O3S2. The van der Waals surface area contributed by atoms with Gasteiger partial charge in [-0.05, 0) is 36.4 Å². The fourth-order valence-corrected chi connectivity index (χ4v) is 3.88. The zero-order chi connectivity index (χ0) is 18.9. The second kappa shape index (κ2) is 6.74. The summed E-state index contributed by atoms with van der Waals surface area (Å²) in [5, 5.41) is 12.0. The third-order valence-electron chi connectivity index (χ3n) is 3.67. The molecule has 9 heteroatoms. The summed E-state index contributed by atoms with van der Waals surface area (Å²) in [6.45, 7) is 0. The van der Waals surface area contributed by atoms with Gasteiger partial charge < -0.3 is 0 Å². The Bertz CT molecular complexity index is 1150. The molecule has 0 saturated heterocycles. The second-order valence-electron chi connectivity index (χ2n) is 5.57. The maximum atomic E-state index is 12.4. The predicted molar refractivity (Wildman–Crippen MR) is 101 cm³/mol. The minimum Gasteiger partial charge on any atom is -0.297 e. The molecule has 0 aliphatic carbocycles. The van der Waals surface area contributed by atoms with Crippen molar-refractivity contribution in [1.82, 2.24) is 4.98 Å². The molecule has 0 spiro atoms. The summed E-state index contributed by atoms with van der Waals surface area (Å²) in [6, 6.07) is 12.9. The van der Waals surface area contributed by atoms with Gasteiger partial charge in [0, 0.05) is 19.0 Å². The molecule has 0 aliphatic rings. The Morgan fingerprint density at radius 3 is 2.73 bits per heavy atom. The van der Waals surface area contributed by atoms with Crippen LogP contribution in [-0.2, 0) is 9.84 Å². The molecule has 1 N–H and O–H groups in total. The first-order chi connectivity index (χ1) is 12.3. The number of urea groups is 1. The van der Waals surface area contributed by atoms with Crippen LogP contribution in [-0.4, -0.2) is 32.7 Å². The van der Waals surface area contributed by atoms with Crippen LogP contribution in [0.4, 0.5) is 15.6 Å². The molecule has 0 aliphatic heterocycles. The van der Waals surface area contributed by atoms with Crippen LogP contribution in [0, 0.1) is 11.3 Å². The van der Waals surface area contributed by atoms with Gasteiger partial charge in [-0.1, -0.05) is 17.4 Å². The molecule has 132 valence electrons. The molecule has 0 fully saturated rings. The van der Waals surface area contributed by atoms with Gasteiger partial charge in [0.15, 0.2) is 15.0 Å². The lowest BCUT2D eigenvalue weighted by atomic mass is 10.2. The Kier molecular flexibility index (Phi) is 4.63. The quantitative estimate of drug-likeness (QED) is 0.744. The van der Waals surface area contributed by atoms with Crippen molar-refractivity contribution >= 4 is 48.2 Å². The van der Waals surface area contributed by atoms with Gasteiger partial charge >= 0.3 is 6.03 Å². The Morgan fingerprint density at radius 1 is 1.27 bits per heavy atom. The number of carbonyl (C=O) groups excluding carboxylic acids is 1. The monoisotopic (exact) mass is 386 g/mol. The van der Waals surface area contributed by atoms with Crippen LogP contribution < -0.4 is 10.2 Å². The molecule has 0 unspecified atom stereocenters. The van der Waals surface area contributed by atoms with Gasteiger partial charge in [0.25, 0.3) is 0 Å². The maximum absolute atomic E-state index is 12.4. The van der Waals surface area contributed by atoms with Gasteiger partial charge in [-0.15, -0.1) is 0 Å². The van der Waals surface area contributed by atoms with Crippen molar-refractivity contribution in [3.05, 3.63) is 48.0 Å². The third-order valence-corrected chi connectivity index (χ3v) is 5.71. The molecule has 1 heterocycles. The highest BCUT2D eigenvalue weighted by Gasteiger charge is 2.15. The van der Waals surface area contributed by atoms with Crippen molar-refractivity contribution in [2.45, 2.75) is 4.90 Å². The molecule has 26 heavy (non-hydrogen) atoms. The van der Waals surface area contributed by atoms with Crippen LogP contribution in [0.3, 0.4) is 0 Å². The number of fused-ring (bicyclic) bond motifs is 1. The number of nitrogens with one attached hydrogen (secondary N) is 1. The lowest BCUT2D eigenvalue weighted by molar-refractivity contribution is 0.258. The van der Waals surface area contributed by atoms with E-state index in [-0.39, 0.29) is 4.90 Å². The number of amides is 2. The SMILES string of the molecule is CN(C(=O)Nc1nc2ccc(S(C)(=O)=O)cc2s1)c1cccc(C#N)c1. The Hall–Kier alpha value is -2.96. The molecule has 7 nitrogen and oxygen atoms in total. The second-order valence-corrected chi connectivity index (χ2v) is 8.62. The number of anilines is 2. The van der Waals surface area contributed by atoms with E-state index in [9.17, 15) is 13.2 Å². The number of hydrogen-bond donors (Lipinski definition) is 1. The number of nitriles is 1. The first kappa shape index (κ1) is 17.8. The first-order valence-corrected chi connectivity index (χ1v) is 10.1. The summed E-state index contributed by atoms with van der Waals surface area (Å²) in [5.74, 6) is 0. The highest BCUT2D eigenvalue weighted by Crippen LogP contribution is 2.28. The van der Waals surface area contributed by atoms with Crippen molar-refractivity contribution in [3.63, 3.8) is 0 Å². The van der Waals surface area contributed by atoms with E-state index in [0.29, 0.717) is 26.6 Å². The lowest BCUT2D eigenvalue weighted by Crippen LogP contribution is -2.31. The van der Waals surface area contributed by atoms with Crippen molar-refractivity contribution in [2.75, 3.05) is 23.5 Å². The number of sulfone groups is 1. The number of benzene rings is 2. The van der Waals surface area contributed by atoms with Crippen LogP contribution in [0.2, 0.25) is 0 Å². The maximum Gasteiger partial charge on any atom is 0.327 e. The average molecular weight is 386 g/mol.